The van der Waals surface area contributed by atoms with Crippen LogP contribution in [0.2, 0.25) is 0 Å². The summed E-state index contributed by atoms with van der Waals surface area (Å²) >= 11 is 0. The minimum atomic E-state index is -3.26. The number of benzene rings is 2. The van der Waals surface area contributed by atoms with Crippen LogP contribution in [0.15, 0.2) is 53.4 Å². The smallest absolute Gasteiger partial charge is 0.254 e. The maximum atomic E-state index is 13.0. The number of nitrogens with zero attached hydrogens (tertiary/aromatic N) is 1. The van der Waals surface area contributed by atoms with Crippen LogP contribution in [0.3, 0.4) is 0 Å². The van der Waals surface area contributed by atoms with Gasteiger partial charge in [-0.1, -0.05) is 37.3 Å². The molecule has 2 bridgehead atoms. The van der Waals surface area contributed by atoms with Crippen molar-refractivity contribution in [2.75, 3.05) is 12.3 Å². The summed E-state index contributed by atoms with van der Waals surface area (Å²) in [5, 5.41) is 0. The Morgan fingerprint density at radius 3 is 2.41 bits per heavy atom. The maximum Gasteiger partial charge on any atom is 0.254 e. The normalized spacial score (nSPS) is 24.4. The van der Waals surface area contributed by atoms with Crippen molar-refractivity contribution < 1.29 is 13.2 Å². The zero-order chi connectivity index (χ0) is 19.2. The van der Waals surface area contributed by atoms with Crippen molar-refractivity contribution in [2.45, 2.75) is 49.5 Å². The van der Waals surface area contributed by atoms with Crippen LogP contribution in [0.4, 0.5) is 0 Å². The fourth-order valence-electron chi connectivity index (χ4n) is 4.68. The zero-order valence-corrected chi connectivity index (χ0v) is 16.6. The van der Waals surface area contributed by atoms with Crippen LogP contribution in [0.1, 0.15) is 47.7 Å². The van der Waals surface area contributed by atoms with E-state index in [0.717, 1.165) is 25.8 Å². The van der Waals surface area contributed by atoms with Crippen molar-refractivity contribution in [3.63, 3.8) is 0 Å². The molecule has 2 aromatic carbocycles. The van der Waals surface area contributed by atoms with E-state index >= 15 is 0 Å². The summed E-state index contributed by atoms with van der Waals surface area (Å²) in [6, 6.07) is 15.9. The number of hydrogen-bond donors (Lipinski definition) is 0. The SMILES string of the molecule is CCS(=O)(=O)c1ccc(C(=O)N2CCC3(c4ccccc4)CC2C3)cc1C. The predicted octanol–water partition coefficient (Wildman–Crippen LogP) is 3.73. The Labute approximate surface area is 161 Å². The second-order valence-electron chi connectivity index (χ2n) is 7.84. The average Bonchev–Trinajstić information content (AvgIpc) is 2.67. The van der Waals surface area contributed by atoms with Gasteiger partial charge in [0.25, 0.3) is 5.91 Å². The third kappa shape index (κ3) is 2.98. The van der Waals surface area contributed by atoms with Gasteiger partial charge in [-0.2, -0.15) is 0 Å². The van der Waals surface area contributed by atoms with Crippen LogP contribution in [0.25, 0.3) is 0 Å². The molecule has 2 aromatic rings. The Morgan fingerprint density at radius 2 is 1.85 bits per heavy atom. The van der Waals surface area contributed by atoms with Crippen molar-refractivity contribution in [1.82, 2.24) is 4.90 Å². The first kappa shape index (κ1) is 18.2. The molecule has 142 valence electrons. The van der Waals surface area contributed by atoms with Crippen LogP contribution >= 0.6 is 0 Å². The second-order valence-corrected chi connectivity index (χ2v) is 10.1. The lowest BCUT2D eigenvalue weighted by molar-refractivity contribution is -0.00434. The Balaban J connectivity index is 1.52. The fraction of sp³-hybridized carbons (Fsp3) is 0.409. The summed E-state index contributed by atoms with van der Waals surface area (Å²) in [5.41, 5.74) is 2.85. The molecule has 0 N–H and O–H groups in total. The van der Waals surface area contributed by atoms with Gasteiger partial charge in [-0.3, -0.25) is 4.79 Å². The molecule has 3 aliphatic rings. The highest BCUT2D eigenvalue weighted by Crippen LogP contribution is 2.52. The molecule has 2 saturated heterocycles. The van der Waals surface area contributed by atoms with Crippen LogP contribution in [0.5, 0.6) is 0 Å². The van der Waals surface area contributed by atoms with E-state index in [1.165, 1.54) is 5.56 Å². The summed E-state index contributed by atoms with van der Waals surface area (Å²) in [6.07, 6.45) is 3.02. The molecule has 0 spiro atoms. The lowest BCUT2D eigenvalue weighted by Gasteiger charge is -2.58. The van der Waals surface area contributed by atoms with E-state index in [9.17, 15) is 13.2 Å². The number of fused-ring (bicyclic) bond motifs is 2. The van der Waals surface area contributed by atoms with Crippen LogP contribution in [-0.2, 0) is 15.3 Å². The summed E-state index contributed by atoms with van der Waals surface area (Å²) < 4.78 is 24.3. The van der Waals surface area contributed by atoms with E-state index in [4.69, 9.17) is 0 Å². The molecule has 0 atom stereocenters. The highest BCUT2D eigenvalue weighted by Gasteiger charge is 2.52. The van der Waals surface area contributed by atoms with Crippen molar-refractivity contribution in [2.24, 2.45) is 0 Å². The van der Waals surface area contributed by atoms with Gasteiger partial charge in [-0.15, -0.1) is 0 Å². The summed E-state index contributed by atoms with van der Waals surface area (Å²) in [6.45, 7) is 4.16. The van der Waals surface area contributed by atoms with E-state index in [2.05, 4.69) is 24.3 Å². The maximum absolute atomic E-state index is 13.0. The Hall–Kier alpha value is -2.14. The van der Waals surface area contributed by atoms with Gasteiger partial charge in [0.2, 0.25) is 0 Å². The number of aryl methyl sites for hydroxylation is 1. The largest absolute Gasteiger partial charge is 0.336 e. The van der Waals surface area contributed by atoms with Gasteiger partial charge in [-0.25, -0.2) is 8.42 Å². The lowest BCUT2D eigenvalue weighted by atomic mass is 9.57. The summed E-state index contributed by atoms with van der Waals surface area (Å²) in [7, 11) is -3.26. The predicted molar refractivity (Wildman–Crippen MR) is 106 cm³/mol. The first-order valence-corrected chi connectivity index (χ1v) is 11.2. The Morgan fingerprint density at radius 1 is 1.15 bits per heavy atom. The molecular weight excluding hydrogens is 358 g/mol. The van der Waals surface area contributed by atoms with Gasteiger partial charge in [0.1, 0.15) is 0 Å². The van der Waals surface area contributed by atoms with E-state index in [-0.39, 0.29) is 23.1 Å². The number of piperidine rings is 2. The quantitative estimate of drug-likeness (QED) is 0.808. The number of amides is 1. The number of rotatable bonds is 4. The molecular formula is C22H25NO3S. The minimum absolute atomic E-state index is 0.0184. The third-order valence-corrected chi connectivity index (χ3v) is 8.20. The monoisotopic (exact) mass is 383 g/mol. The van der Waals surface area contributed by atoms with E-state index in [0.29, 0.717) is 16.0 Å². The zero-order valence-electron chi connectivity index (χ0n) is 15.8. The molecule has 5 rings (SSSR count). The topological polar surface area (TPSA) is 54.5 Å². The van der Waals surface area contributed by atoms with Crippen molar-refractivity contribution in [1.29, 1.82) is 0 Å². The number of carbonyl (C=O) groups excluding carboxylic acids is 1. The minimum Gasteiger partial charge on any atom is -0.336 e. The van der Waals surface area contributed by atoms with E-state index < -0.39 is 9.84 Å². The standard InChI is InChI=1S/C22H25NO3S/c1-3-27(25,26)20-10-9-17(13-16(20)2)21(24)23-12-11-22(14-19(23)15-22)18-7-5-4-6-8-18/h4-10,13,19H,3,11-12,14-15H2,1-2H3. The average molecular weight is 384 g/mol. The molecule has 27 heavy (non-hydrogen) atoms. The van der Waals surface area contributed by atoms with Gasteiger partial charge in [0, 0.05) is 23.6 Å². The van der Waals surface area contributed by atoms with Crippen molar-refractivity contribution >= 4 is 15.7 Å². The Kier molecular flexibility index (Phi) is 4.38. The van der Waals surface area contributed by atoms with E-state index in [1.807, 2.05) is 11.0 Å². The molecule has 0 aromatic heterocycles. The van der Waals surface area contributed by atoms with Gasteiger partial charge in [0.05, 0.1) is 10.6 Å². The first-order chi connectivity index (χ1) is 12.9. The Bertz CT molecular complexity index is 970. The highest BCUT2D eigenvalue weighted by atomic mass is 32.2. The second kappa shape index (κ2) is 6.48. The number of sulfone groups is 1. The highest BCUT2D eigenvalue weighted by molar-refractivity contribution is 7.91. The van der Waals surface area contributed by atoms with Crippen molar-refractivity contribution in [3.8, 4) is 0 Å². The molecule has 0 unspecified atom stereocenters. The molecule has 2 aliphatic heterocycles. The van der Waals surface area contributed by atoms with E-state index in [1.54, 1.807) is 32.0 Å². The first-order valence-electron chi connectivity index (χ1n) is 9.56. The van der Waals surface area contributed by atoms with Crippen LogP contribution < -0.4 is 0 Å². The number of carbonyl (C=O) groups is 1. The number of hydrogen-bond acceptors (Lipinski definition) is 3. The molecule has 2 heterocycles. The molecule has 1 amide bonds. The molecule has 4 nitrogen and oxygen atoms in total. The van der Waals surface area contributed by atoms with Gasteiger partial charge in [-0.05, 0) is 55.5 Å². The molecule has 1 saturated carbocycles. The van der Waals surface area contributed by atoms with Gasteiger partial charge < -0.3 is 4.90 Å². The van der Waals surface area contributed by atoms with Crippen LogP contribution in [-0.4, -0.2) is 37.6 Å². The van der Waals surface area contributed by atoms with Crippen LogP contribution in [0, 0.1) is 6.92 Å². The third-order valence-electron chi connectivity index (χ3n) is 6.31. The lowest BCUT2D eigenvalue weighted by Crippen LogP contribution is -2.61. The summed E-state index contributed by atoms with van der Waals surface area (Å²) in [5.74, 6) is 0.0848. The molecule has 0 radical (unpaired) electrons. The van der Waals surface area contributed by atoms with Crippen molar-refractivity contribution in [3.05, 3.63) is 65.2 Å². The summed E-state index contributed by atoms with van der Waals surface area (Å²) in [4.78, 5) is 15.3. The molecule has 1 aliphatic carbocycles. The molecule has 3 fully saturated rings. The fourth-order valence-corrected chi connectivity index (χ4v) is 5.81. The van der Waals surface area contributed by atoms with Gasteiger partial charge in [0.15, 0.2) is 9.84 Å². The van der Waals surface area contributed by atoms with Gasteiger partial charge >= 0.3 is 0 Å². The molecule has 5 heteroatoms.